The molecule has 4 aromatic rings. The minimum Gasteiger partial charge on any atom is -0.305 e. The average molecular weight is 389 g/mol. The Hall–Kier alpha value is -4.23. The molecule has 1 heterocycles. The molecule has 144 valence electrons. The molecule has 4 nitrogen and oxygen atoms in total. The fourth-order valence-electron chi connectivity index (χ4n) is 3.24. The molecule has 0 fully saturated rings. The van der Waals surface area contributed by atoms with Crippen molar-refractivity contribution < 1.29 is 4.79 Å². The summed E-state index contributed by atoms with van der Waals surface area (Å²) in [6.07, 6.45) is 0. The zero-order chi connectivity index (χ0) is 20.9. The molecule has 0 saturated carbocycles. The number of aromatic nitrogens is 1. The topological polar surface area (TPSA) is 65.8 Å². The van der Waals surface area contributed by atoms with E-state index < -0.39 is 0 Å². The predicted octanol–water partition coefficient (Wildman–Crippen LogP) is 5.85. The van der Waals surface area contributed by atoms with Gasteiger partial charge >= 0.3 is 0 Å². The predicted molar refractivity (Wildman–Crippen MR) is 119 cm³/mol. The van der Waals surface area contributed by atoms with Crippen LogP contribution < -0.4 is 5.32 Å². The van der Waals surface area contributed by atoms with Gasteiger partial charge in [-0.2, -0.15) is 5.26 Å². The lowest BCUT2D eigenvalue weighted by Gasteiger charge is -2.14. The highest BCUT2D eigenvalue weighted by atomic mass is 16.1. The fourth-order valence-corrected chi connectivity index (χ4v) is 3.24. The van der Waals surface area contributed by atoms with Crippen molar-refractivity contribution in [3.05, 3.63) is 108 Å². The number of benzene rings is 3. The first kappa shape index (κ1) is 19.1. The number of amides is 1. The molecule has 4 heteroatoms. The van der Waals surface area contributed by atoms with Crippen LogP contribution >= 0.6 is 0 Å². The van der Waals surface area contributed by atoms with Crippen LogP contribution in [0.15, 0.2) is 91.0 Å². The summed E-state index contributed by atoms with van der Waals surface area (Å²) in [5.41, 5.74) is 5.13. The number of nitriles is 1. The quantitative estimate of drug-likeness (QED) is 0.476. The van der Waals surface area contributed by atoms with Crippen molar-refractivity contribution in [2.75, 3.05) is 5.32 Å². The second-order valence-corrected chi connectivity index (χ2v) is 6.94. The van der Waals surface area contributed by atoms with E-state index in [2.05, 4.69) is 16.4 Å². The van der Waals surface area contributed by atoms with Gasteiger partial charge in [-0.15, -0.1) is 0 Å². The Labute approximate surface area is 175 Å². The third kappa shape index (κ3) is 3.96. The van der Waals surface area contributed by atoms with Gasteiger partial charge in [0.25, 0.3) is 5.91 Å². The Morgan fingerprint density at radius 3 is 2.07 bits per heavy atom. The van der Waals surface area contributed by atoms with Gasteiger partial charge in [0.15, 0.2) is 5.82 Å². The number of carbonyl (C=O) groups excluding carboxylic acids is 1. The number of aryl methyl sites for hydroxylation is 1. The first-order valence-corrected chi connectivity index (χ1v) is 9.60. The van der Waals surface area contributed by atoms with E-state index in [0.29, 0.717) is 16.8 Å². The monoisotopic (exact) mass is 389 g/mol. The molecule has 0 bridgehead atoms. The first-order valence-electron chi connectivity index (χ1n) is 9.60. The summed E-state index contributed by atoms with van der Waals surface area (Å²) in [7, 11) is 0. The zero-order valence-corrected chi connectivity index (χ0v) is 16.5. The second-order valence-electron chi connectivity index (χ2n) is 6.94. The van der Waals surface area contributed by atoms with Crippen LogP contribution in [0.25, 0.3) is 22.4 Å². The Kier molecular flexibility index (Phi) is 5.36. The fraction of sp³-hybridized carbons (Fsp3) is 0.0385. The summed E-state index contributed by atoms with van der Waals surface area (Å²) in [6, 6.07) is 30.8. The molecule has 0 radical (unpaired) electrons. The van der Waals surface area contributed by atoms with E-state index >= 15 is 0 Å². The Balaban J connectivity index is 1.85. The minimum atomic E-state index is -0.303. The molecule has 1 amide bonds. The highest BCUT2D eigenvalue weighted by molar-refractivity contribution is 6.05. The number of carbonyl (C=O) groups is 1. The molecule has 0 aliphatic rings. The van der Waals surface area contributed by atoms with Crippen molar-refractivity contribution in [1.29, 1.82) is 5.26 Å². The number of hydrogen-bond donors (Lipinski definition) is 1. The van der Waals surface area contributed by atoms with Crippen LogP contribution in [-0.4, -0.2) is 10.9 Å². The summed E-state index contributed by atoms with van der Waals surface area (Å²) in [5.74, 6) is -0.0495. The molecule has 30 heavy (non-hydrogen) atoms. The van der Waals surface area contributed by atoms with Crippen LogP contribution in [0.1, 0.15) is 21.5 Å². The third-order valence-electron chi connectivity index (χ3n) is 4.83. The zero-order valence-electron chi connectivity index (χ0n) is 16.5. The Bertz CT molecular complexity index is 1230. The second kappa shape index (κ2) is 8.42. The van der Waals surface area contributed by atoms with Gasteiger partial charge in [0.05, 0.1) is 5.69 Å². The van der Waals surface area contributed by atoms with Crippen LogP contribution in [-0.2, 0) is 0 Å². The molecule has 4 rings (SSSR count). The van der Waals surface area contributed by atoms with Crippen LogP contribution in [0.3, 0.4) is 0 Å². The molecule has 0 aliphatic heterocycles. The van der Waals surface area contributed by atoms with Gasteiger partial charge in [-0.05, 0) is 30.7 Å². The molecule has 0 atom stereocenters. The van der Waals surface area contributed by atoms with E-state index in [-0.39, 0.29) is 11.7 Å². The van der Waals surface area contributed by atoms with Gasteiger partial charge in [-0.25, -0.2) is 4.98 Å². The van der Waals surface area contributed by atoms with Crippen LogP contribution in [0, 0.1) is 18.3 Å². The maximum atomic E-state index is 12.8. The minimum absolute atomic E-state index is 0.253. The summed E-state index contributed by atoms with van der Waals surface area (Å²) in [6.45, 7) is 1.96. The number of rotatable bonds is 4. The maximum absolute atomic E-state index is 12.8. The molecule has 1 aromatic heterocycles. The van der Waals surface area contributed by atoms with E-state index in [0.717, 1.165) is 22.3 Å². The molecule has 0 aliphatic carbocycles. The van der Waals surface area contributed by atoms with Crippen molar-refractivity contribution in [3.8, 4) is 28.5 Å². The molecular formula is C26H19N3O. The standard InChI is InChI=1S/C26H19N3O/c1-18-12-14-21(15-13-18)26(30)29-25-23(17-27)22(19-8-4-2-5-9-19)16-24(28-25)20-10-6-3-7-11-20/h2-16H,1H3,(H,28,29,30). The highest BCUT2D eigenvalue weighted by Crippen LogP contribution is 2.32. The molecule has 0 unspecified atom stereocenters. The van der Waals surface area contributed by atoms with E-state index in [1.807, 2.05) is 85.8 Å². The number of nitrogens with one attached hydrogen (secondary N) is 1. The van der Waals surface area contributed by atoms with Gasteiger partial charge in [0.1, 0.15) is 11.6 Å². The van der Waals surface area contributed by atoms with Crippen molar-refractivity contribution in [3.63, 3.8) is 0 Å². The summed E-state index contributed by atoms with van der Waals surface area (Å²) in [4.78, 5) is 17.5. The Morgan fingerprint density at radius 1 is 0.867 bits per heavy atom. The number of anilines is 1. The number of hydrogen-bond acceptors (Lipinski definition) is 3. The lowest BCUT2D eigenvalue weighted by Crippen LogP contribution is -2.15. The van der Waals surface area contributed by atoms with Crippen molar-refractivity contribution in [2.45, 2.75) is 6.92 Å². The maximum Gasteiger partial charge on any atom is 0.256 e. The highest BCUT2D eigenvalue weighted by Gasteiger charge is 2.17. The van der Waals surface area contributed by atoms with Gasteiger partial charge in [0, 0.05) is 16.7 Å². The average Bonchev–Trinajstić information content (AvgIpc) is 2.80. The van der Waals surface area contributed by atoms with Crippen molar-refractivity contribution >= 4 is 11.7 Å². The molecule has 0 spiro atoms. The summed E-state index contributed by atoms with van der Waals surface area (Å²) in [5, 5.41) is 12.7. The normalized spacial score (nSPS) is 10.3. The van der Waals surface area contributed by atoms with Crippen LogP contribution in [0.4, 0.5) is 5.82 Å². The molecule has 1 N–H and O–H groups in total. The van der Waals surface area contributed by atoms with Crippen molar-refractivity contribution in [1.82, 2.24) is 4.98 Å². The first-order chi connectivity index (χ1) is 14.7. The summed E-state index contributed by atoms with van der Waals surface area (Å²) < 4.78 is 0. The largest absolute Gasteiger partial charge is 0.305 e. The number of nitrogens with zero attached hydrogens (tertiary/aromatic N) is 2. The van der Waals surface area contributed by atoms with Crippen molar-refractivity contribution in [2.24, 2.45) is 0 Å². The SMILES string of the molecule is Cc1ccc(C(=O)Nc2nc(-c3ccccc3)cc(-c3ccccc3)c2C#N)cc1. The van der Waals surface area contributed by atoms with Gasteiger partial charge in [-0.1, -0.05) is 78.4 Å². The lowest BCUT2D eigenvalue weighted by atomic mass is 9.98. The van der Waals surface area contributed by atoms with E-state index in [1.165, 1.54) is 0 Å². The van der Waals surface area contributed by atoms with E-state index in [1.54, 1.807) is 12.1 Å². The molecular weight excluding hydrogens is 370 g/mol. The third-order valence-corrected chi connectivity index (χ3v) is 4.83. The van der Waals surface area contributed by atoms with Crippen LogP contribution in [0.5, 0.6) is 0 Å². The smallest absolute Gasteiger partial charge is 0.256 e. The Morgan fingerprint density at radius 2 is 1.47 bits per heavy atom. The van der Waals surface area contributed by atoms with E-state index in [9.17, 15) is 10.1 Å². The summed E-state index contributed by atoms with van der Waals surface area (Å²) >= 11 is 0. The van der Waals surface area contributed by atoms with Crippen LogP contribution in [0.2, 0.25) is 0 Å². The molecule has 0 saturated heterocycles. The number of pyridine rings is 1. The lowest BCUT2D eigenvalue weighted by molar-refractivity contribution is 0.102. The van der Waals surface area contributed by atoms with Gasteiger partial charge < -0.3 is 5.32 Å². The van der Waals surface area contributed by atoms with Gasteiger partial charge in [0.2, 0.25) is 0 Å². The molecule has 3 aromatic carbocycles. The van der Waals surface area contributed by atoms with E-state index in [4.69, 9.17) is 0 Å². The van der Waals surface area contributed by atoms with Gasteiger partial charge in [-0.3, -0.25) is 4.79 Å².